The van der Waals surface area contributed by atoms with E-state index in [0.29, 0.717) is 0 Å². The summed E-state index contributed by atoms with van der Waals surface area (Å²) in [5.74, 6) is 0. The molecule has 0 bridgehead atoms. The zero-order valence-corrected chi connectivity index (χ0v) is 10.4. The normalized spacial score (nSPS) is 16.0. The third-order valence-corrected chi connectivity index (χ3v) is 2.85. The highest BCUT2D eigenvalue weighted by molar-refractivity contribution is 6.14. The molecule has 2 heteroatoms. The number of benzene rings is 1. The molecule has 2 rings (SSSR count). The van der Waals surface area contributed by atoms with E-state index in [0.717, 1.165) is 17.8 Å². The molecular formula is C14H18N2. The number of hydrogen-bond acceptors (Lipinski definition) is 2. The minimum absolute atomic E-state index is 0.211. The first-order valence-corrected chi connectivity index (χ1v) is 5.68. The Morgan fingerprint density at radius 3 is 2.06 bits per heavy atom. The Kier molecular flexibility index (Phi) is 2.66. The highest BCUT2D eigenvalue weighted by atomic mass is 15.2. The third-order valence-electron chi connectivity index (χ3n) is 2.85. The topological polar surface area (TPSA) is 24.7 Å². The maximum atomic E-state index is 4.18. The highest BCUT2D eigenvalue weighted by Crippen LogP contribution is 2.23. The van der Waals surface area contributed by atoms with Crippen molar-refractivity contribution in [3.63, 3.8) is 0 Å². The molecule has 0 aromatic heterocycles. The Balaban J connectivity index is 2.21. The van der Waals surface area contributed by atoms with E-state index in [4.69, 9.17) is 0 Å². The zero-order chi connectivity index (χ0) is 11.8. The second-order valence-corrected chi connectivity index (χ2v) is 5.39. The molecule has 1 aromatic rings. The molecule has 2 nitrogen and oxygen atoms in total. The average molecular weight is 214 g/mol. The number of rotatable bonds is 1. The molecule has 1 heterocycles. The van der Waals surface area contributed by atoms with Crippen molar-refractivity contribution in [1.29, 1.82) is 0 Å². The van der Waals surface area contributed by atoms with Crippen LogP contribution in [0.5, 0.6) is 0 Å². The summed E-state index contributed by atoms with van der Waals surface area (Å²) < 4.78 is 0. The van der Waals surface area contributed by atoms with Gasteiger partial charge in [0.2, 0.25) is 0 Å². The second kappa shape index (κ2) is 3.85. The number of nitrogens with zero attached hydrogens (tertiary/aromatic N) is 2. The van der Waals surface area contributed by atoms with E-state index in [9.17, 15) is 0 Å². The van der Waals surface area contributed by atoms with Gasteiger partial charge in [-0.2, -0.15) is 10.2 Å². The molecule has 0 saturated heterocycles. The van der Waals surface area contributed by atoms with Gasteiger partial charge in [-0.05, 0) is 23.5 Å². The van der Waals surface area contributed by atoms with Crippen LogP contribution in [0.1, 0.15) is 45.2 Å². The van der Waals surface area contributed by atoms with Gasteiger partial charge in [0.25, 0.3) is 0 Å². The first kappa shape index (κ1) is 11.1. The smallest absolute Gasteiger partial charge is 0.0759 e. The summed E-state index contributed by atoms with van der Waals surface area (Å²) in [6, 6.07) is 8.66. The van der Waals surface area contributed by atoms with Crippen LogP contribution in [-0.4, -0.2) is 11.4 Å². The summed E-state index contributed by atoms with van der Waals surface area (Å²) in [4.78, 5) is 0. The molecule has 1 aromatic carbocycles. The molecule has 0 aliphatic carbocycles. The quantitative estimate of drug-likeness (QED) is 0.683. The van der Waals surface area contributed by atoms with E-state index in [1.165, 1.54) is 11.1 Å². The summed E-state index contributed by atoms with van der Waals surface area (Å²) >= 11 is 0. The van der Waals surface area contributed by atoms with E-state index in [1.807, 2.05) is 6.92 Å². The molecule has 0 unspecified atom stereocenters. The predicted molar refractivity (Wildman–Crippen MR) is 69.4 cm³/mol. The van der Waals surface area contributed by atoms with Crippen molar-refractivity contribution in [2.45, 2.75) is 39.5 Å². The molecule has 84 valence electrons. The van der Waals surface area contributed by atoms with Crippen molar-refractivity contribution in [3.8, 4) is 0 Å². The molecule has 0 N–H and O–H groups in total. The lowest BCUT2D eigenvalue weighted by molar-refractivity contribution is 0.590. The van der Waals surface area contributed by atoms with Crippen molar-refractivity contribution >= 4 is 11.4 Å². The van der Waals surface area contributed by atoms with Gasteiger partial charge in [-0.3, -0.25) is 0 Å². The molecule has 1 aliphatic heterocycles. The molecule has 0 amide bonds. The predicted octanol–water partition coefficient (Wildman–Crippen LogP) is 3.55. The first-order chi connectivity index (χ1) is 7.47. The molecule has 1 aliphatic rings. The molecule has 0 saturated carbocycles. The van der Waals surface area contributed by atoms with Crippen LogP contribution in [0.2, 0.25) is 0 Å². The van der Waals surface area contributed by atoms with Crippen LogP contribution in [0.3, 0.4) is 0 Å². The fourth-order valence-corrected chi connectivity index (χ4v) is 1.78. The SMILES string of the molecule is CC1=NN=C(c2ccc(C(C)(C)C)cc2)C1. The summed E-state index contributed by atoms with van der Waals surface area (Å²) in [6.07, 6.45) is 0.884. The molecule has 16 heavy (non-hydrogen) atoms. The van der Waals surface area contributed by atoms with Gasteiger partial charge in [0.15, 0.2) is 0 Å². The monoisotopic (exact) mass is 214 g/mol. The Bertz CT molecular complexity index is 445. The highest BCUT2D eigenvalue weighted by Gasteiger charge is 2.15. The van der Waals surface area contributed by atoms with Crippen LogP contribution in [0.25, 0.3) is 0 Å². The fraction of sp³-hybridized carbons (Fsp3) is 0.429. The van der Waals surface area contributed by atoms with Gasteiger partial charge in [0, 0.05) is 12.1 Å². The van der Waals surface area contributed by atoms with Crippen LogP contribution in [0, 0.1) is 0 Å². The van der Waals surface area contributed by atoms with Crippen LogP contribution in [-0.2, 0) is 5.41 Å². The summed E-state index contributed by atoms with van der Waals surface area (Å²) in [7, 11) is 0. The lowest BCUT2D eigenvalue weighted by atomic mass is 9.86. The summed E-state index contributed by atoms with van der Waals surface area (Å²) in [6.45, 7) is 8.69. The van der Waals surface area contributed by atoms with E-state index < -0.39 is 0 Å². The molecular weight excluding hydrogens is 196 g/mol. The van der Waals surface area contributed by atoms with Crippen molar-refractivity contribution in [3.05, 3.63) is 35.4 Å². The lowest BCUT2D eigenvalue weighted by Gasteiger charge is -2.19. The Morgan fingerprint density at radius 2 is 1.62 bits per heavy atom. The first-order valence-electron chi connectivity index (χ1n) is 5.68. The second-order valence-electron chi connectivity index (χ2n) is 5.39. The van der Waals surface area contributed by atoms with Crippen LogP contribution in [0.15, 0.2) is 34.5 Å². The molecule has 0 fully saturated rings. The third kappa shape index (κ3) is 2.21. The van der Waals surface area contributed by atoms with Gasteiger partial charge in [-0.25, -0.2) is 0 Å². The Hall–Kier alpha value is -1.44. The van der Waals surface area contributed by atoms with Crippen molar-refractivity contribution in [2.24, 2.45) is 10.2 Å². The van der Waals surface area contributed by atoms with Crippen molar-refractivity contribution in [2.75, 3.05) is 0 Å². The minimum Gasteiger partial charge on any atom is -0.160 e. The van der Waals surface area contributed by atoms with E-state index in [-0.39, 0.29) is 5.41 Å². The van der Waals surface area contributed by atoms with Gasteiger partial charge in [-0.15, -0.1) is 0 Å². The van der Waals surface area contributed by atoms with Crippen LogP contribution >= 0.6 is 0 Å². The van der Waals surface area contributed by atoms with E-state index >= 15 is 0 Å². The standard InChI is InChI=1S/C14H18N2/c1-10-9-13(16-15-10)11-5-7-12(8-6-11)14(2,3)4/h5-8H,9H2,1-4H3. The maximum Gasteiger partial charge on any atom is 0.0759 e. The van der Waals surface area contributed by atoms with E-state index in [2.05, 4.69) is 55.2 Å². The zero-order valence-electron chi connectivity index (χ0n) is 10.4. The van der Waals surface area contributed by atoms with Gasteiger partial charge in [0.1, 0.15) is 0 Å². The lowest BCUT2D eigenvalue weighted by Crippen LogP contribution is -2.11. The Labute approximate surface area is 97.1 Å². The van der Waals surface area contributed by atoms with Crippen LogP contribution < -0.4 is 0 Å². The molecule has 0 spiro atoms. The summed E-state index contributed by atoms with van der Waals surface area (Å²) in [5, 5.41) is 8.25. The fourth-order valence-electron chi connectivity index (χ4n) is 1.78. The minimum atomic E-state index is 0.211. The maximum absolute atomic E-state index is 4.18. The van der Waals surface area contributed by atoms with Crippen molar-refractivity contribution < 1.29 is 0 Å². The van der Waals surface area contributed by atoms with Gasteiger partial charge < -0.3 is 0 Å². The average Bonchev–Trinajstić information content (AvgIpc) is 2.64. The molecule has 0 atom stereocenters. The largest absolute Gasteiger partial charge is 0.160 e. The van der Waals surface area contributed by atoms with E-state index in [1.54, 1.807) is 0 Å². The van der Waals surface area contributed by atoms with Gasteiger partial charge in [0.05, 0.1) is 5.71 Å². The molecule has 0 radical (unpaired) electrons. The van der Waals surface area contributed by atoms with Crippen molar-refractivity contribution in [1.82, 2.24) is 0 Å². The number of hydrogen-bond donors (Lipinski definition) is 0. The Morgan fingerprint density at radius 1 is 1.00 bits per heavy atom. The van der Waals surface area contributed by atoms with Gasteiger partial charge >= 0.3 is 0 Å². The summed E-state index contributed by atoms with van der Waals surface area (Å²) in [5.41, 5.74) is 4.93. The van der Waals surface area contributed by atoms with Gasteiger partial charge in [-0.1, -0.05) is 45.0 Å². The van der Waals surface area contributed by atoms with Crippen LogP contribution in [0.4, 0.5) is 0 Å².